The van der Waals surface area contributed by atoms with Crippen molar-refractivity contribution in [1.29, 1.82) is 0 Å². The average molecular weight is 514 g/mol. The maximum atomic E-state index is 13.6. The van der Waals surface area contributed by atoms with Crippen molar-refractivity contribution in [2.24, 2.45) is 0 Å². The Morgan fingerprint density at radius 1 is 0.833 bits per heavy atom. The largest absolute Gasteiger partial charge is 0.493 e. The molecule has 36 heavy (non-hydrogen) atoms. The molecule has 10 heteroatoms. The van der Waals surface area contributed by atoms with Gasteiger partial charge in [0.15, 0.2) is 28.8 Å². The number of halogens is 1. The second-order valence-corrected chi connectivity index (χ2v) is 8.06. The van der Waals surface area contributed by atoms with Gasteiger partial charge >= 0.3 is 5.97 Å². The highest BCUT2D eigenvalue weighted by Gasteiger charge is 2.36. The molecule has 1 heterocycles. The normalized spacial score (nSPS) is 13.9. The number of benzene rings is 3. The first-order chi connectivity index (χ1) is 17.4. The number of ether oxygens (including phenoxy) is 6. The number of hydrogen-bond donors (Lipinski definition) is 1. The molecule has 0 saturated carbocycles. The van der Waals surface area contributed by atoms with Crippen LogP contribution in [-0.2, 0) is 4.74 Å². The highest BCUT2D eigenvalue weighted by molar-refractivity contribution is 6.31. The average Bonchev–Trinajstić information content (AvgIpc) is 3.22. The van der Waals surface area contributed by atoms with Crippen molar-refractivity contribution in [3.8, 4) is 28.7 Å². The minimum absolute atomic E-state index is 0.251. The standard InChI is InChI=1S/C26H24ClNO8/c1-31-18-9-7-15-21(24(18)35-5)26(30)36-25(15)28-17-8-6-14(27)12-16(17)22(29)13-10-19(32-2)23(34-4)20(11-13)33-3/h6-12,25,28H,1-5H3. The van der Waals surface area contributed by atoms with Gasteiger partial charge in [0, 0.05) is 27.4 Å². The number of carbonyl (C=O) groups is 2. The van der Waals surface area contributed by atoms with Crippen LogP contribution >= 0.6 is 11.6 Å². The molecule has 1 N–H and O–H groups in total. The summed E-state index contributed by atoms with van der Waals surface area (Å²) in [4.78, 5) is 26.3. The summed E-state index contributed by atoms with van der Waals surface area (Å²) in [6.45, 7) is 0. The lowest BCUT2D eigenvalue weighted by Gasteiger charge is -2.18. The highest BCUT2D eigenvalue weighted by Crippen LogP contribution is 2.43. The van der Waals surface area contributed by atoms with Gasteiger partial charge in [0.25, 0.3) is 0 Å². The van der Waals surface area contributed by atoms with E-state index in [9.17, 15) is 9.59 Å². The zero-order valence-corrected chi connectivity index (χ0v) is 21.0. The number of carbonyl (C=O) groups excluding carboxylic acids is 2. The van der Waals surface area contributed by atoms with E-state index in [2.05, 4.69) is 5.32 Å². The zero-order valence-electron chi connectivity index (χ0n) is 20.3. The minimum Gasteiger partial charge on any atom is -0.493 e. The SMILES string of the molecule is COc1cc(C(=O)c2cc(Cl)ccc2NC2OC(=O)c3c2ccc(OC)c3OC)cc(OC)c1OC. The van der Waals surface area contributed by atoms with Crippen LogP contribution in [0.4, 0.5) is 5.69 Å². The van der Waals surface area contributed by atoms with E-state index in [1.165, 1.54) is 41.6 Å². The van der Waals surface area contributed by atoms with Gasteiger partial charge in [-0.2, -0.15) is 0 Å². The Morgan fingerprint density at radius 3 is 2.06 bits per heavy atom. The number of methoxy groups -OCH3 is 5. The molecule has 9 nitrogen and oxygen atoms in total. The first-order valence-corrected chi connectivity index (χ1v) is 11.1. The fourth-order valence-corrected chi connectivity index (χ4v) is 4.22. The Bertz CT molecular complexity index is 1310. The van der Waals surface area contributed by atoms with E-state index < -0.39 is 12.2 Å². The molecule has 1 atom stereocenters. The molecule has 4 rings (SSSR count). The first-order valence-electron chi connectivity index (χ1n) is 10.7. The predicted octanol–water partition coefficient (Wildman–Crippen LogP) is 4.90. The maximum absolute atomic E-state index is 13.6. The van der Waals surface area contributed by atoms with Crippen LogP contribution in [-0.4, -0.2) is 47.3 Å². The van der Waals surface area contributed by atoms with E-state index in [-0.39, 0.29) is 28.2 Å². The summed E-state index contributed by atoms with van der Waals surface area (Å²) in [6.07, 6.45) is -0.875. The van der Waals surface area contributed by atoms with Gasteiger partial charge in [0.05, 0.1) is 35.5 Å². The van der Waals surface area contributed by atoms with E-state index in [0.717, 1.165) is 0 Å². The number of nitrogens with one attached hydrogen (secondary N) is 1. The molecule has 0 radical (unpaired) electrons. The topological polar surface area (TPSA) is 102 Å². The predicted molar refractivity (Wildman–Crippen MR) is 132 cm³/mol. The Balaban J connectivity index is 1.75. The van der Waals surface area contributed by atoms with Gasteiger partial charge in [-0.25, -0.2) is 4.79 Å². The third kappa shape index (κ3) is 4.33. The molecule has 0 saturated heterocycles. The van der Waals surface area contributed by atoms with E-state index in [0.29, 0.717) is 39.3 Å². The van der Waals surface area contributed by atoms with E-state index in [1.54, 1.807) is 36.4 Å². The zero-order chi connectivity index (χ0) is 26.0. The molecule has 1 aliphatic heterocycles. The van der Waals surface area contributed by atoms with Gasteiger partial charge in [0.1, 0.15) is 5.56 Å². The van der Waals surface area contributed by atoms with Gasteiger partial charge in [-0.1, -0.05) is 11.6 Å². The van der Waals surface area contributed by atoms with Gasteiger partial charge in [-0.05, 0) is 42.5 Å². The third-order valence-electron chi connectivity index (χ3n) is 5.73. The molecule has 1 aliphatic rings. The second-order valence-electron chi connectivity index (χ2n) is 7.63. The van der Waals surface area contributed by atoms with Crippen LogP contribution in [0, 0.1) is 0 Å². The van der Waals surface area contributed by atoms with Crippen molar-refractivity contribution in [2.45, 2.75) is 6.23 Å². The Morgan fingerprint density at radius 2 is 1.47 bits per heavy atom. The number of anilines is 1. The van der Waals surface area contributed by atoms with E-state index in [1.807, 2.05) is 0 Å². The number of hydrogen-bond acceptors (Lipinski definition) is 9. The maximum Gasteiger partial charge on any atom is 0.344 e. The van der Waals surface area contributed by atoms with Gasteiger partial charge in [-0.3, -0.25) is 4.79 Å². The molecule has 3 aromatic rings. The van der Waals surface area contributed by atoms with Crippen LogP contribution < -0.4 is 29.0 Å². The number of esters is 1. The van der Waals surface area contributed by atoms with Crippen LogP contribution in [0.3, 0.4) is 0 Å². The van der Waals surface area contributed by atoms with Crippen LogP contribution in [0.2, 0.25) is 5.02 Å². The number of rotatable bonds is 9. The van der Waals surface area contributed by atoms with Crippen LogP contribution in [0.5, 0.6) is 28.7 Å². The van der Waals surface area contributed by atoms with Crippen molar-refractivity contribution in [3.63, 3.8) is 0 Å². The fourth-order valence-electron chi connectivity index (χ4n) is 4.05. The van der Waals surface area contributed by atoms with Gasteiger partial charge in [0.2, 0.25) is 12.0 Å². The number of cyclic esters (lactones) is 1. The van der Waals surface area contributed by atoms with Gasteiger partial charge in [-0.15, -0.1) is 0 Å². The van der Waals surface area contributed by atoms with Crippen molar-refractivity contribution < 1.29 is 38.0 Å². The summed E-state index contributed by atoms with van der Waals surface area (Å²) in [7, 11) is 7.33. The molecule has 1 unspecified atom stereocenters. The lowest BCUT2D eigenvalue weighted by molar-refractivity contribution is 0.0435. The molecular weight excluding hydrogens is 490 g/mol. The summed E-state index contributed by atoms with van der Waals surface area (Å²) in [6, 6.07) is 11.3. The molecule has 0 aromatic heterocycles. The second kappa shape index (κ2) is 10.2. The molecule has 0 amide bonds. The van der Waals surface area contributed by atoms with Gasteiger partial charge < -0.3 is 33.7 Å². The molecule has 3 aromatic carbocycles. The Hall–Kier alpha value is -4.11. The number of ketones is 1. The lowest BCUT2D eigenvalue weighted by Crippen LogP contribution is -2.14. The molecule has 0 aliphatic carbocycles. The quantitative estimate of drug-likeness (QED) is 0.316. The molecule has 0 spiro atoms. The number of fused-ring (bicyclic) bond motifs is 1. The summed E-state index contributed by atoms with van der Waals surface area (Å²) < 4.78 is 32.3. The molecule has 0 fully saturated rings. The lowest BCUT2D eigenvalue weighted by atomic mass is 10.00. The van der Waals surface area contributed by atoms with Crippen LogP contribution in [0.25, 0.3) is 0 Å². The van der Waals surface area contributed by atoms with Crippen molar-refractivity contribution in [3.05, 3.63) is 69.7 Å². The minimum atomic E-state index is -0.875. The summed E-state index contributed by atoms with van der Waals surface area (Å²) in [5.41, 5.74) is 1.73. The molecule has 0 bridgehead atoms. The first kappa shape index (κ1) is 25.0. The summed E-state index contributed by atoms with van der Waals surface area (Å²) >= 11 is 6.24. The summed E-state index contributed by atoms with van der Waals surface area (Å²) in [5.74, 6) is 0.751. The van der Waals surface area contributed by atoms with Crippen LogP contribution in [0.15, 0.2) is 42.5 Å². The summed E-state index contributed by atoms with van der Waals surface area (Å²) in [5, 5.41) is 3.49. The smallest absolute Gasteiger partial charge is 0.344 e. The highest BCUT2D eigenvalue weighted by atomic mass is 35.5. The Kier molecular flexibility index (Phi) is 7.12. The fraction of sp³-hybridized carbons (Fsp3) is 0.231. The Labute approximate surface area is 212 Å². The van der Waals surface area contributed by atoms with E-state index in [4.69, 9.17) is 40.0 Å². The van der Waals surface area contributed by atoms with Crippen LogP contribution in [0.1, 0.15) is 38.1 Å². The van der Waals surface area contributed by atoms with Crippen molar-refractivity contribution in [2.75, 3.05) is 40.9 Å². The third-order valence-corrected chi connectivity index (χ3v) is 5.96. The molecular formula is C26H24ClNO8. The van der Waals surface area contributed by atoms with Crippen molar-refractivity contribution in [1.82, 2.24) is 0 Å². The van der Waals surface area contributed by atoms with E-state index >= 15 is 0 Å². The molecule has 188 valence electrons. The van der Waals surface area contributed by atoms with Crippen molar-refractivity contribution >= 4 is 29.0 Å². The monoisotopic (exact) mass is 513 g/mol.